The van der Waals surface area contributed by atoms with Gasteiger partial charge in [-0.1, -0.05) is 18.2 Å². The maximum absolute atomic E-state index is 13.1. The highest BCUT2D eigenvalue weighted by atomic mass is 16.5. The fraction of sp³-hybridized carbons (Fsp3) is 0.542. The molecule has 0 bridgehead atoms. The van der Waals surface area contributed by atoms with Gasteiger partial charge in [0, 0.05) is 24.4 Å². The van der Waals surface area contributed by atoms with E-state index in [9.17, 15) is 14.4 Å². The van der Waals surface area contributed by atoms with E-state index in [2.05, 4.69) is 15.5 Å². The van der Waals surface area contributed by atoms with E-state index < -0.39 is 18.0 Å². The van der Waals surface area contributed by atoms with Gasteiger partial charge in [0.2, 0.25) is 0 Å². The van der Waals surface area contributed by atoms with Crippen LogP contribution in [0, 0.1) is 5.92 Å². The van der Waals surface area contributed by atoms with E-state index in [4.69, 9.17) is 14.2 Å². The molecule has 0 spiro atoms. The summed E-state index contributed by atoms with van der Waals surface area (Å²) in [6, 6.07) is 6.19. The fourth-order valence-corrected chi connectivity index (χ4v) is 4.31. The predicted molar refractivity (Wildman–Crippen MR) is 121 cm³/mol. The molecule has 0 aromatic heterocycles. The highest BCUT2D eigenvalue weighted by Crippen LogP contribution is 2.34. The van der Waals surface area contributed by atoms with Crippen molar-refractivity contribution in [3.63, 3.8) is 0 Å². The third-order valence-electron chi connectivity index (χ3n) is 5.69. The van der Waals surface area contributed by atoms with Crippen molar-refractivity contribution in [2.75, 3.05) is 39.5 Å². The first-order valence-corrected chi connectivity index (χ1v) is 11.6. The van der Waals surface area contributed by atoms with E-state index in [-0.39, 0.29) is 18.5 Å². The summed E-state index contributed by atoms with van der Waals surface area (Å²) in [5.74, 6) is -0.346. The Hall–Kier alpha value is -3.07. The van der Waals surface area contributed by atoms with E-state index in [1.165, 1.54) is 0 Å². The van der Waals surface area contributed by atoms with Gasteiger partial charge in [0.15, 0.2) is 0 Å². The smallest absolute Gasteiger partial charge is 0.338 e. The number of rotatable bonds is 9. The minimum Gasteiger partial charge on any atom is -0.494 e. The van der Waals surface area contributed by atoms with Crippen LogP contribution >= 0.6 is 0 Å². The summed E-state index contributed by atoms with van der Waals surface area (Å²) in [5.41, 5.74) is 1.48. The molecule has 2 heterocycles. The predicted octanol–water partition coefficient (Wildman–Crippen LogP) is 2.53. The monoisotopic (exact) mass is 459 g/mol. The molecule has 9 nitrogen and oxygen atoms in total. The molecule has 2 aliphatic rings. The number of nitrogens with zero attached hydrogens (tertiary/aromatic N) is 1. The molecule has 2 atom stereocenters. The Morgan fingerprint density at radius 3 is 2.58 bits per heavy atom. The number of hydrogen-bond acceptors (Lipinski definition) is 7. The number of piperidine rings is 1. The number of carbonyl (C=O) groups excluding carboxylic acids is 3. The van der Waals surface area contributed by atoms with Gasteiger partial charge >= 0.3 is 18.0 Å². The Labute approximate surface area is 194 Å². The fourth-order valence-electron chi connectivity index (χ4n) is 4.31. The van der Waals surface area contributed by atoms with Crippen molar-refractivity contribution < 1.29 is 28.6 Å². The Kier molecular flexibility index (Phi) is 8.71. The minimum absolute atomic E-state index is 0.206. The normalized spacial score (nSPS) is 21.1. The lowest BCUT2D eigenvalue weighted by Crippen LogP contribution is -2.50. The Bertz CT molecular complexity index is 900. The number of carbonyl (C=O) groups is 3. The number of esters is 2. The molecule has 1 aromatic rings. The number of likely N-dealkylation sites (tertiary alicyclic amines) is 1. The molecule has 1 fully saturated rings. The molecule has 0 aliphatic carbocycles. The van der Waals surface area contributed by atoms with Crippen LogP contribution in [0.15, 0.2) is 35.5 Å². The molecular weight excluding hydrogens is 426 g/mol. The van der Waals surface area contributed by atoms with Crippen LogP contribution in [-0.2, 0) is 19.1 Å². The molecule has 180 valence electrons. The third kappa shape index (κ3) is 6.04. The molecule has 1 aromatic carbocycles. The van der Waals surface area contributed by atoms with Crippen LogP contribution in [0.1, 0.15) is 45.2 Å². The van der Waals surface area contributed by atoms with Gasteiger partial charge < -0.3 is 24.8 Å². The molecule has 9 heteroatoms. The van der Waals surface area contributed by atoms with Crippen molar-refractivity contribution in [3.05, 3.63) is 41.1 Å². The average molecular weight is 460 g/mol. The maximum atomic E-state index is 13.1. The highest BCUT2D eigenvalue weighted by molar-refractivity contribution is 5.95. The third-order valence-corrected chi connectivity index (χ3v) is 5.69. The Balaban J connectivity index is 1.95. The largest absolute Gasteiger partial charge is 0.494 e. The topological polar surface area (TPSA) is 106 Å². The second-order valence-corrected chi connectivity index (χ2v) is 7.94. The first-order valence-electron chi connectivity index (χ1n) is 11.6. The van der Waals surface area contributed by atoms with Crippen LogP contribution in [-0.4, -0.2) is 62.3 Å². The zero-order chi connectivity index (χ0) is 23.8. The summed E-state index contributed by atoms with van der Waals surface area (Å²) in [6.45, 7) is 7.97. The number of benzene rings is 1. The molecular formula is C24H33N3O6. The van der Waals surface area contributed by atoms with Gasteiger partial charge in [0.05, 0.1) is 37.4 Å². The summed E-state index contributed by atoms with van der Waals surface area (Å²) < 4.78 is 16.3. The quantitative estimate of drug-likeness (QED) is 0.547. The van der Waals surface area contributed by atoms with Gasteiger partial charge in [-0.05, 0) is 46.2 Å². The summed E-state index contributed by atoms with van der Waals surface area (Å²) >= 11 is 0. The van der Waals surface area contributed by atoms with Crippen molar-refractivity contribution in [1.29, 1.82) is 0 Å². The number of ether oxygens (including phenoxy) is 3. The number of urea groups is 1. The molecule has 1 saturated heterocycles. The van der Waals surface area contributed by atoms with Crippen molar-refractivity contribution in [1.82, 2.24) is 15.5 Å². The van der Waals surface area contributed by atoms with Gasteiger partial charge in [0.1, 0.15) is 5.75 Å². The molecule has 0 radical (unpaired) electrons. The second-order valence-electron chi connectivity index (χ2n) is 7.94. The van der Waals surface area contributed by atoms with Gasteiger partial charge in [-0.3, -0.25) is 9.69 Å². The minimum atomic E-state index is -0.721. The Morgan fingerprint density at radius 2 is 1.85 bits per heavy atom. The van der Waals surface area contributed by atoms with E-state index >= 15 is 0 Å². The van der Waals surface area contributed by atoms with Crippen molar-refractivity contribution in [3.8, 4) is 5.75 Å². The van der Waals surface area contributed by atoms with Crippen molar-refractivity contribution >= 4 is 18.0 Å². The summed E-state index contributed by atoms with van der Waals surface area (Å²) in [6.07, 6.45) is 1.59. The maximum Gasteiger partial charge on any atom is 0.338 e. The van der Waals surface area contributed by atoms with Crippen molar-refractivity contribution in [2.24, 2.45) is 5.92 Å². The summed E-state index contributed by atoms with van der Waals surface area (Å²) in [4.78, 5) is 40.0. The average Bonchev–Trinajstić information content (AvgIpc) is 2.80. The highest BCUT2D eigenvalue weighted by Gasteiger charge is 2.36. The van der Waals surface area contributed by atoms with Gasteiger partial charge in [-0.15, -0.1) is 0 Å². The molecule has 0 unspecified atom stereocenters. The van der Waals surface area contributed by atoms with Crippen LogP contribution in [0.5, 0.6) is 5.75 Å². The molecule has 2 aliphatic heterocycles. The summed E-state index contributed by atoms with van der Waals surface area (Å²) in [7, 11) is 0. The van der Waals surface area contributed by atoms with Crippen LogP contribution in [0.4, 0.5) is 4.79 Å². The standard InChI is InChI=1S/C24H33N3O6/c1-4-31-19-12-8-7-11-17(19)21-20(23(29)33-6-3)18(25-24(30)26-21)15-27-13-9-10-16(14-27)22(28)32-5-2/h7-8,11-12,16,21H,4-6,9-10,13-15H2,1-3H3,(H2,25,26,30)/t16-,21+/m1/s1. The molecule has 33 heavy (non-hydrogen) atoms. The van der Waals surface area contributed by atoms with Gasteiger partial charge in [-0.2, -0.15) is 0 Å². The van der Waals surface area contributed by atoms with Crippen LogP contribution in [0.3, 0.4) is 0 Å². The molecule has 3 rings (SSSR count). The molecule has 2 amide bonds. The van der Waals surface area contributed by atoms with E-state index in [0.29, 0.717) is 48.9 Å². The first-order chi connectivity index (χ1) is 16.0. The van der Waals surface area contributed by atoms with E-state index in [1.54, 1.807) is 13.8 Å². The van der Waals surface area contributed by atoms with Crippen LogP contribution in [0.2, 0.25) is 0 Å². The van der Waals surface area contributed by atoms with Crippen molar-refractivity contribution in [2.45, 2.75) is 39.7 Å². The lowest BCUT2D eigenvalue weighted by Gasteiger charge is -2.35. The lowest BCUT2D eigenvalue weighted by molar-refractivity contribution is -0.150. The van der Waals surface area contributed by atoms with E-state index in [1.807, 2.05) is 31.2 Å². The zero-order valence-electron chi connectivity index (χ0n) is 19.5. The Morgan fingerprint density at radius 1 is 1.09 bits per heavy atom. The number of para-hydroxylation sites is 1. The molecule has 2 N–H and O–H groups in total. The molecule has 0 saturated carbocycles. The van der Waals surface area contributed by atoms with E-state index in [0.717, 1.165) is 19.4 Å². The van der Waals surface area contributed by atoms with Gasteiger partial charge in [-0.25, -0.2) is 9.59 Å². The number of nitrogens with one attached hydrogen (secondary N) is 2. The van der Waals surface area contributed by atoms with Crippen LogP contribution < -0.4 is 15.4 Å². The van der Waals surface area contributed by atoms with Gasteiger partial charge in [0.25, 0.3) is 0 Å². The number of hydrogen-bond donors (Lipinski definition) is 2. The summed E-state index contributed by atoms with van der Waals surface area (Å²) in [5, 5.41) is 5.65. The second kappa shape index (κ2) is 11.7. The lowest BCUT2D eigenvalue weighted by atomic mass is 9.93. The first kappa shape index (κ1) is 24.6. The SMILES string of the molecule is CCOC(=O)C1=C(CN2CCC[C@@H](C(=O)OCC)C2)NC(=O)N[C@H]1c1ccccc1OCC. The van der Waals surface area contributed by atoms with Crippen LogP contribution in [0.25, 0.3) is 0 Å². The zero-order valence-corrected chi connectivity index (χ0v) is 19.5. The number of amides is 2.